The van der Waals surface area contributed by atoms with E-state index in [2.05, 4.69) is 15.0 Å². The van der Waals surface area contributed by atoms with Gasteiger partial charge in [-0.2, -0.15) is 0 Å². The Bertz CT molecular complexity index is 730. The molecule has 88 valence electrons. The maximum absolute atomic E-state index is 7.38. The summed E-state index contributed by atoms with van der Waals surface area (Å²) in [7, 11) is 0. The molecule has 0 radical (unpaired) electrons. The maximum atomic E-state index is 7.38. The molecule has 3 aromatic rings. The summed E-state index contributed by atoms with van der Waals surface area (Å²) in [4.78, 5) is 12.7. The van der Waals surface area contributed by atoms with Crippen LogP contribution in [0.3, 0.4) is 0 Å². The van der Waals surface area contributed by atoms with Gasteiger partial charge in [-0.05, 0) is 18.2 Å². The van der Waals surface area contributed by atoms with Crippen LogP contribution in [0.15, 0.2) is 42.9 Å². The molecule has 0 spiro atoms. The molecule has 0 atom stereocenters. The van der Waals surface area contributed by atoms with Crippen molar-refractivity contribution in [3.05, 3.63) is 48.5 Å². The number of hydrogen-bond acceptors (Lipinski definition) is 4. The minimum Gasteiger partial charge on any atom is -0.382 e. The summed E-state index contributed by atoms with van der Waals surface area (Å²) in [5.74, 6) is 0.375. The van der Waals surface area contributed by atoms with E-state index in [-0.39, 0.29) is 5.84 Å². The van der Waals surface area contributed by atoms with Gasteiger partial charge in [0.05, 0.1) is 11.0 Å². The second-order valence-electron chi connectivity index (χ2n) is 3.76. The number of amidine groups is 1. The lowest BCUT2D eigenvalue weighted by Gasteiger charge is -2.03. The van der Waals surface area contributed by atoms with Crippen LogP contribution in [-0.2, 0) is 0 Å². The average Bonchev–Trinajstić information content (AvgIpc) is 2.82. The van der Waals surface area contributed by atoms with Crippen molar-refractivity contribution in [1.82, 2.24) is 19.5 Å². The zero-order chi connectivity index (χ0) is 12.5. The second kappa shape index (κ2) is 3.92. The predicted octanol–water partition coefficient (Wildman–Crippen LogP) is 1.10. The molecule has 2 heterocycles. The average molecular weight is 238 g/mol. The summed E-state index contributed by atoms with van der Waals surface area (Å²) < 4.78 is 1.77. The van der Waals surface area contributed by atoms with Crippen LogP contribution in [0.25, 0.3) is 17.0 Å². The highest BCUT2D eigenvalue weighted by atomic mass is 15.2. The van der Waals surface area contributed by atoms with Crippen LogP contribution >= 0.6 is 0 Å². The first kappa shape index (κ1) is 10.4. The van der Waals surface area contributed by atoms with Crippen molar-refractivity contribution in [3.63, 3.8) is 0 Å². The number of para-hydroxylation sites is 2. The van der Waals surface area contributed by atoms with Crippen LogP contribution in [-0.4, -0.2) is 25.4 Å². The summed E-state index contributed by atoms with van der Waals surface area (Å²) >= 11 is 0. The Morgan fingerprint density at radius 1 is 1.17 bits per heavy atom. The Labute approximate surface area is 103 Å². The third kappa shape index (κ3) is 1.60. The fourth-order valence-electron chi connectivity index (χ4n) is 1.73. The van der Waals surface area contributed by atoms with Crippen LogP contribution in [0.1, 0.15) is 5.69 Å². The standard InChI is InChI=1S/C12H10N6/c13-11(14)9-5-6-15-12(17-9)18-7-16-8-3-1-2-4-10(8)18/h1-7H,(H3,13,14). The van der Waals surface area contributed by atoms with Gasteiger partial charge in [0.1, 0.15) is 17.9 Å². The number of fused-ring (bicyclic) bond motifs is 1. The first-order chi connectivity index (χ1) is 8.75. The normalized spacial score (nSPS) is 10.7. The van der Waals surface area contributed by atoms with Crippen LogP contribution in [0.2, 0.25) is 0 Å². The van der Waals surface area contributed by atoms with Crippen molar-refractivity contribution in [3.8, 4) is 5.95 Å². The van der Waals surface area contributed by atoms with Gasteiger partial charge in [0, 0.05) is 6.20 Å². The number of rotatable bonds is 2. The Hall–Kier alpha value is -2.76. The third-order valence-electron chi connectivity index (χ3n) is 2.59. The maximum Gasteiger partial charge on any atom is 0.236 e. The van der Waals surface area contributed by atoms with Crippen LogP contribution in [0, 0.1) is 5.41 Å². The first-order valence-corrected chi connectivity index (χ1v) is 5.35. The Kier molecular flexibility index (Phi) is 2.26. The van der Waals surface area contributed by atoms with Gasteiger partial charge in [-0.25, -0.2) is 15.0 Å². The molecule has 0 bridgehead atoms. The van der Waals surface area contributed by atoms with Gasteiger partial charge in [0.2, 0.25) is 5.95 Å². The molecule has 0 aliphatic carbocycles. The molecule has 0 aliphatic heterocycles. The third-order valence-corrected chi connectivity index (χ3v) is 2.59. The van der Waals surface area contributed by atoms with Crippen molar-refractivity contribution in [2.24, 2.45) is 5.73 Å². The fraction of sp³-hybridized carbons (Fsp3) is 0. The SMILES string of the molecule is N=C(N)c1ccnc(-n2cnc3ccccc32)n1. The van der Waals surface area contributed by atoms with Crippen LogP contribution < -0.4 is 5.73 Å². The van der Waals surface area contributed by atoms with E-state index in [1.807, 2.05) is 24.3 Å². The van der Waals surface area contributed by atoms with Gasteiger partial charge in [0.15, 0.2) is 0 Å². The van der Waals surface area contributed by atoms with E-state index in [1.54, 1.807) is 23.2 Å². The molecular formula is C12H10N6. The molecule has 1 aromatic carbocycles. The van der Waals surface area contributed by atoms with Crippen molar-refractivity contribution < 1.29 is 0 Å². The number of nitrogens with one attached hydrogen (secondary N) is 1. The molecule has 18 heavy (non-hydrogen) atoms. The largest absolute Gasteiger partial charge is 0.382 e. The van der Waals surface area contributed by atoms with E-state index in [1.165, 1.54) is 0 Å². The quantitative estimate of drug-likeness (QED) is 0.516. The lowest BCUT2D eigenvalue weighted by atomic mass is 10.3. The molecule has 6 nitrogen and oxygen atoms in total. The van der Waals surface area contributed by atoms with Gasteiger partial charge in [-0.3, -0.25) is 9.98 Å². The van der Waals surface area contributed by atoms with Gasteiger partial charge in [0.25, 0.3) is 0 Å². The van der Waals surface area contributed by atoms with E-state index in [0.717, 1.165) is 11.0 Å². The zero-order valence-electron chi connectivity index (χ0n) is 9.41. The van der Waals surface area contributed by atoms with Crippen molar-refractivity contribution in [2.45, 2.75) is 0 Å². The molecule has 0 aliphatic rings. The molecule has 6 heteroatoms. The summed E-state index contributed by atoms with van der Waals surface area (Å²) in [6, 6.07) is 9.31. The Morgan fingerprint density at radius 3 is 2.83 bits per heavy atom. The number of hydrogen-bond donors (Lipinski definition) is 2. The van der Waals surface area contributed by atoms with Crippen LogP contribution in [0.4, 0.5) is 0 Å². The molecule has 3 rings (SSSR count). The number of nitrogen functional groups attached to an aromatic ring is 1. The Balaban J connectivity index is 2.20. The minimum atomic E-state index is -0.0805. The van der Waals surface area contributed by atoms with E-state index in [4.69, 9.17) is 11.1 Å². The Morgan fingerprint density at radius 2 is 2.00 bits per heavy atom. The van der Waals surface area contributed by atoms with Gasteiger partial charge >= 0.3 is 0 Å². The predicted molar refractivity (Wildman–Crippen MR) is 67.7 cm³/mol. The molecule has 0 unspecified atom stereocenters. The molecule has 3 N–H and O–H groups in total. The van der Waals surface area contributed by atoms with E-state index in [9.17, 15) is 0 Å². The van der Waals surface area contributed by atoms with E-state index < -0.39 is 0 Å². The molecule has 0 fully saturated rings. The molecule has 0 saturated carbocycles. The molecular weight excluding hydrogens is 228 g/mol. The van der Waals surface area contributed by atoms with Crippen molar-refractivity contribution in [2.75, 3.05) is 0 Å². The smallest absolute Gasteiger partial charge is 0.236 e. The fourth-order valence-corrected chi connectivity index (χ4v) is 1.73. The molecule has 0 saturated heterocycles. The van der Waals surface area contributed by atoms with Crippen molar-refractivity contribution >= 4 is 16.9 Å². The van der Waals surface area contributed by atoms with Gasteiger partial charge in [-0.15, -0.1) is 0 Å². The number of nitrogens with zero attached hydrogens (tertiary/aromatic N) is 4. The molecule has 0 amide bonds. The lowest BCUT2D eigenvalue weighted by molar-refractivity contribution is 0.942. The summed E-state index contributed by atoms with van der Waals surface area (Å²) in [5.41, 5.74) is 7.60. The van der Waals surface area contributed by atoms with E-state index >= 15 is 0 Å². The summed E-state index contributed by atoms with van der Waals surface area (Å²) in [6.07, 6.45) is 3.23. The second-order valence-corrected chi connectivity index (χ2v) is 3.76. The highest BCUT2D eigenvalue weighted by Crippen LogP contribution is 2.14. The summed E-state index contributed by atoms with van der Waals surface area (Å²) in [5, 5.41) is 7.38. The lowest BCUT2D eigenvalue weighted by Crippen LogP contribution is -2.15. The van der Waals surface area contributed by atoms with Gasteiger partial charge in [-0.1, -0.05) is 12.1 Å². The summed E-state index contributed by atoms with van der Waals surface area (Å²) in [6.45, 7) is 0. The minimum absolute atomic E-state index is 0.0805. The topological polar surface area (TPSA) is 93.5 Å². The highest BCUT2D eigenvalue weighted by molar-refractivity contribution is 5.93. The number of aromatic nitrogens is 4. The number of imidazole rings is 1. The monoisotopic (exact) mass is 238 g/mol. The number of benzene rings is 1. The van der Waals surface area contributed by atoms with E-state index in [0.29, 0.717) is 11.6 Å². The highest BCUT2D eigenvalue weighted by Gasteiger charge is 2.07. The zero-order valence-corrected chi connectivity index (χ0v) is 9.41. The number of nitrogens with two attached hydrogens (primary N) is 1. The van der Waals surface area contributed by atoms with Crippen molar-refractivity contribution in [1.29, 1.82) is 5.41 Å². The molecule has 2 aromatic heterocycles. The van der Waals surface area contributed by atoms with Crippen LogP contribution in [0.5, 0.6) is 0 Å². The van der Waals surface area contributed by atoms with Gasteiger partial charge < -0.3 is 5.73 Å². The first-order valence-electron chi connectivity index (χ1n) is 5.35.